The lowest BCUT2D eigenvalue weighted by molar-refractivity contribution is -0.208. The molecule has 0 aliphatic heterocycles. The zero-order valence-electron chi connectivity index (χ0n) is 7.38. The summed E-state index contributed by atoms with van der Waals surface area (Å²) in [6.07, 6.45) is -3.30. The molecule has 0 saturated heterocycles. The summed E-state index contributed by atoms with van der Waals surface area (Å²) >= 11 is 0. The Morgan fingerprint density at radius 1 is 1.53 bits per heavy atom. The van der Waals surface area contributed by atoms with Gasteiger partial charge in [0.25, 0.3) is 6.29 Å². The number of aliphatic hydroxyl groups excluding tert-OH is 1. The Balaban J connectivity index is 4.59. The monoisotopic (exact) mass is 250 g/mol. The number of ether oxygens (including phenoxy) is 2. The topological polar surface area (TPSA) is 110 Å². The van der Waals surface area contributed by atoms with Crippen molar-refractivity contribution in [3.63, 3.8) is 0 Å². The van der Waals surface area contributed by atoms with E-state index < -0.39 is 34.2 Å². The number of aliphatic hydroxyl groups is 1. The van der Waals surface area contributed by atoms with E-state index in [0.29, 0.717) is 0 Å². The van der Waals surface area contributed by atoms with Crippen LogP contribution in [0.15, 0.2) is 0 Å². The molecule has 0 bridgehead atoms. The molecular formula is C5H8F2O7S. The molecule has 10 heteroatoms. The van der Waals surface area contributed by atoms with Gasteiger partial charge in [0.15, 0.2) is 0 Å². The second-order valence-electron chi connectivity index (χ2n) is 2.31. The quantitative estimate of drug-likeness (QED) is 0.365. The van der Waals surface area contributed by atoms with E-state index in [0.717, 1.165) is 7.11 Å². The third-order valence-corrected chi connectivity index (χ3v) is 2.03. The first-order valence-electron chi connectivity index (χ1n) is 3.34. The molecule has 0 aromatic rings. The van der Waals surface area contributed by atoms with Crippen LogP contribution in [-0.2, 0) is 24.4 Å². The summed E-state index contributed by atoms with van der Waals surface area (Å²) in [6.45, 7) is -0.751. The zero-order valence-corrected chi connectivity index (χ0v) is 8.20. The van der Waals surface area contributed by atoms with E-state index in [1.54, 1.807) is 0 Å². The van der Waals surface area contributed by atoms with Crippen LogP contribution in [-0.4, -0.2) is 49.3 Å². The summed E-state index contributed by atoms with van der Waals surface area (Å²) in [5, 5.41) is 3.53. The molecule has 1 unspecified atom stereocenters. The highest BCUT2D eigenvalue weighted by molar-refractivity contribution is 7.86. The summed E-state index contributed by atoms with van der Waals surface area (Å²) in [5.74, 6) is -1.41. The maximum Gasteiger partial charge on any atom is 0.430 e. The number of carbonyl (C=O) groups is 1. The van der Waals surface area contributed by atoms with Crippen LogP contribution in [0.4, 0.5) is 8.78 Å². The van der Waals surface area contributed by atoms with Gasteiger partial charge in [0.1, 0.15) is 6.61 Å². The van der Waals surface area contributed by atoms with E-state index in [1.807, 2.05) is 0 Å². The number of esters is 1. The summed E-state index contributed by atoms with van der Waals surface area (Å²) in [6, 6.07) is 0. The molecule has 0 aromatic heterocycles. The molecular weight excluding hydrogens is 242 g/mol. The molecule has 15 heavy (non-hydrogen) atoms. The minimum atomic E-state index is -5.86. The van der Waals surface area contributed by atoms with Crippen LogP contribution in [0.1, 0.15) is 0 Å². The predicted molar refractivity (Wildman–Crippen MR) is 40.5 cm³/mol. The van der Waals surface area contributed by atoms with Crippen molar-refractivity contribution in [2.24, 2.45) is 0 Å². The minimum absolute atomic E-state index is 0.751. The number of methoxy groups -OCH3 is 1. The summed E-state index contributed by atoms with van der Waals surface area (Å²) in [5.41, 5.74) is 0. The Kier molecular flexibility index (Phi) is 4.52. The Labute approximate surface area is 83.3 Å². The molecule has 1 atom stereocenters. The number of hydrogen-bond acceptors (Lipinski definition) is 6. The second kappa shape index (κ2) is 4.79. The van der Waals surface area contributed by atoms with Crippen molar-refractivity contribution >= 4 is 16.1 Å². The first-order chi connectivity index (χ1) is 6.63. The lowest BCUT2D eigenvalue weighted by Gasteiger charge is -2.18. The maximum absolute atomic E-state index is 12.5. The van der Waals surface area contributed by atoms with Gasteiger partial charge < -0.3 is 14.6 Å². The number of halogens is 2. The lowest BCUT2D eigenvalue weighted by atomic mass is 10.6. The van der Waals surface area contributed by atoms with Crippen molar-refractivity contribution in [1.82, 2.24) is 0 Å². The fourth-order valence-corrected chi connectivity index (χ4v) is 0.775. The number of hydrogen-bond donors (Lipinski definition) is 2. The standard InChI is InChI=1S/C5H8F2O7S/c1-13-2-3(8)14-4(9)5(6,7)15(10,11)12/h4,9H,2H2,1H3,(H,10,11,12). The van der Waals surface area contributed by atoms with Gasteiger partial charge in [-0.2, -0.15) is 17.2 Å². The maximum atomic E-state index is 12.5. The van der Waals surface area contributed by atoms with Gasteiger partial charge in [0.2, 0.25) is 0 Å². The molecule has 0 rings (SSSR count). The third-order valence-electron chi connectivity index (χ3n) is 1.14. The average molecular weight is 250 g/mol. The Morgan fingerprint density at radius 2 is 2.00 bits per heavy atom. The molecule has 0 fully saturated rings. The van der Waals surface area contributed by atoms with Crippen LogP contribution in [0.3, 0.4) is 0 Å². The molecule has 0 amide bonds. The van der Waals surface area contributed by atoms with Gasteiger partial charge >= 0.3 is 21.3 Å². The van der Waals surface area contributed by atoms with E-state index in [1.165, 1.54) is 0 Å². The highest BCUT2D eigenvalue weighted by Crippen LogP contribution is 2.25. The Morgan fingerprint density at radius 3 is 2.33 bits per heavy atom. The SMILES string of the molecule is COCC(=O)OC(O)C(F)(F)S(=O)(=O)O. The Hall–Kier alpha value is -0.840. The van der Waals surface area contributed by atoms with Gasteiger partial charge in [-0.05, 0) is 0 Å². The first kappa shape index (κ1) is 14.2. The number of alkyl halides is 2. The van der Waals surface area contributed by atoms with E-state index in [4.69, 9.17) is 9.66 Å². The molecule has 0 aliphatic rings. The van der Waals surface area contributed by atoms with Crippen LogP contribution >= 0.6 is 0 Å². The van der Waals surface area contributed by atoms with E-state index in [2.05, 4.69) is 9.47 Å². The van der Waals surface area contributed by atoms with Gasteiger partial charge in [-0.3, -0.25) is 4.55 Å². The molecule has 0 saturated carbocycles. The second-order valence-corrected chi connectivity index (χ2v) is 3.81. The van der Waals surface area contributed by atoms with Crippen molar-refractivity contribution in [2.45, 2.75) is 11.5 Å². The highest BCUT2D eigenvalue weighted by Gasteiger charge is 2.54. The third kappa shape index (κ3) is 3.66. The van der Waals surface area contributed by atoms with Crippen LogP contribution in [0, 0.1) is 0 Å². The van der Waals surface area contributed by atoms with Crippen LogP contribution < -0.4 is 0 Å². The van der Waals surface area contributed by atoms with Crippen molar-refractivity contribution < 1.29 is 41.1 Å². The Bertz CT molecular complexity index is 324. The lowest BCUT2D eigenvalue weighted by Crippen LogP contribution is -2.44. The average Bonchev–Trinajstić information content (AvgIpc) is 2.02. The molecule has 0 aromatic carbocycles. The van der Waals surface area contributed by atoms with Crippen LogP contribution in [0.2, 0.25) is 0 Å². The van der Waals surface area contributed by atoms with Crippen LogP contribution in [0.5, 0.6) is 0 Å². The summed E-state index contributed by atoms with van der Waals surface area (Å²) < 4.78 is 60.9. The molecule has 0 radical (unpaired) electrons. The van der Waals surface area contributed by atoms with E-state index >= 15 is 0 Å². The predicted octanol–water partition coefficient (Wildman–Crippen LogP) is -1.02. The van der Waals surface area contributed by atoms with Gasteiger partial charge in [-0.1, -0.05) is 0 Å². The van der Waals surface area contributed by atoms with Crippen LogP contribution in [0.25, 0.3) is 0 Å². The highest BCUT2D eigenvalue weighted by atomic mass is 32.2. The normalized spacial score (nSPS) is 14.7. The van der Waals surface area contributed by atoms with Crippen molar-refractivity contribution in [3.8, 4) is 0 Å². The molecule has 0 aliphatic carbocycles. The van der Waals surface area contributed by atoms with Crippen molar-refractivity contribution in [1.29, 1.82) is 0 Å². The van der Waals surface area contributed by atoms with E-state index in [9.17, 15) is 22.0 Å². The minimum Gasteiger partial charge on any atom is -0.426 e. The summed E-state index contributed by atoms with van der Waals surface area (Å²) in [4.78, 5) is 10.5. The van der Waals surface area contributed by atoms with Gasteiger partial charge in [0.05, 0.1) is 0 Å². The fourth-order valence-electron chi connectivity index (χ4n) is 0.472. The molecule has 0 heterocycles. The van der Waals surface area contributed by atoms with Crippen molar-refractivity contribution in [2.75, 3.05) is 13.7 Å². The largest absolute Gasteiger partial charge is 0.430 e. The van der Waals surface area contributed by atoms with Gasteiger partial charge in [0, 0.05) is 7.11 Å². The fraction of sp³-hybridized carbons (Fsp3) is 0.800. The molecule has 7 nitrogen and oxygen atoms in total. The van der Waals surface area contributed by atoms with Gasteiger partial charge in [-0.15, -0.1) is 0 Å². The zero-order chi connectivity index (χ0) is 12.3. The number of carbonyl (C=O) groups excluding carboxylic acids is 1. The number of rotatable bonds is 5. The summed E-state index contributed by atoms with van der Waals surface area (Å²) in [7, 11) is -4.81. The molecule has 2 N–H and O–H groups in total. The van der Waals surface area contributed by atoms with Crippen molar-refractivity contribution in [3.05, 3.63) is 0 Å². The molecule has 0 spiro atoms. The first-order valence-corrected chi connectivity index (χ1v) is 4.78. The van der Waals surface area contributed by atoms with Gasteiger partial charge in [-0.25, -0.2) is 4.79 Å². The van der Waals surface area contributed by atoms with E-state index in [-0.39, 0.29) is 0 Å². The smallest absolute Gasteiger partial charge is 0.426 e. The molecule has 90 valence electrons.